The number of alkyl halides is 1. The zero-order valence-corrected chi connectivity index (χ0v) is 17.9. The molecule has 0 aromatic heterocycles. The van der Waals surface area contributed by atoms with Crippen LogP contribution in [0.5, 0.6) is 0 Å². The van der Waals surface area contributed by atoms with Crippen molar-refractivity contribution in [3.05, 3.63) is 11.3 Å². The molecule has 0 aromatic carbocycles. The van der Waals surface area contributed by atoms with E-state index in [0.717, 1.165) is 5.57 Å². The van der Waals surface area contributed by atoms with Crippen molar-refractivity contribution in [2.45, 2.75) is 71.3 Å². The Bertz CT molecular complexity index is 538. The number of likely N-dealkylation sites (tertiary alicyclic amines) is 1. The van der Waals surface area contributed by atoms with Gasteiger partial charge in [-0.05, 0) is 44.5 Å². The molecular weight excluding hydrogens is 350 g/mol. The number of carbonyl (C=O) groups is 2. The first kappa shape index (κ1) is 20.7. The van der Waals surface area contributed by atoms with Crippen LogP contribution in [0.3, 0.4) is 0 Å². The van der Waals surface area contributed by atoms with Crippen molar-refractivity contribution in [2.75, 3.05) is 0 Å². The number of hydrogen-bond acceptors (Lipinski definition) is 3. The molecule has 0 N–H and O–H groups in total. The van der Waals surface area contributed by atoms with E-state index in [2.05, 4.69) is 46.5 Å². The second-order valence-corrected chi connectivity index (χ2v) is 13.5. The van der Waals surface area contributed by atoms with Gasteiger partial charge in [-0.3, -0.25) is 14.5 Å². The van der Waals surface area contributed by atoms with Crippen LogP contribution in [0, 0.1) is 5.92 Å². The quantitative estimate of drug-likeness (QED) is 0.195. The molecule has 23 heavy (non-hydrogen) atoms. The molecule has 0 aliphatic carbocycles. The molecule has 1 amide bonds. The molecule has 1 aliphatic rings. The molecule has 0 aromatic rings. The third-order valence-corrected chi connectivity index (χ3v) is 10.0. The summed E-state index contributed by atoms with van der Waals surface area (Å²) in [6, 6.07) is 0. The molecule has 0 radical (unpaired) electrons. The summed E-state index contributed by atoms with van der Waals surface area (Å²) >= 11 is 10.3. The molecular formula is C16H28ClNO3SSi. The van der Waals surface area contributed by atoms with Crippen molar-refractivity contribution < 1.29 is 14.0 Å². The Morgan fingerprint density at radius 1 is 1.35 bits per heavy atom. The van der Waals surface area contributed by atoms with Gasteiger partial charge in [0, 0.05) is 0 Å². The first-order valence-electron chi connectivity index (χ1n) is 7.78. The average Bonchev–Trinajstić information content (AvgIpc) is 2.32. The number of nitrogens with zero attached hydrogens (tertiary/aromatic N) is 1. The molecule has 1 aliphatic heterocycles. The van der Waals surface area contributed by atoms with Crippen LogP contribution in [0.4, 0.5) is 0 Å². The predicted molar refractivity (Wildman–Crippen MR) is 100 cm³/mol. The highest BCUT2D eigenvalue weighted by molar-refractivity contribution is 7.97. The monoisotopic (exact) mass is 377 g/mol. The first-order valence-corrected chi connectivity index (χ1v) is 11.6. The molecule has 1 saturated heterocycles. The highest BCUT2D eigenvalue weighted by Crippen LogP contribution is 2.42. The lowest BCUT2D eigenvalue weighted by Crippen LogP contribution is -2.63. The molecule has 132 valence electrons. The highest BCUT2D eigenvalue weighted by Gasteiger charge is 2.53. The highest BCUT2D eigenvalue weighted by atomic mass is 35.5. The van der Waals surface area contributed by atoms with E-state index >= 15 is 0 Å². The maximum absolute atomic E-state index is 12.6. The summed E-state index contributed by atoms with van der Waals surface area (Å²) in [5, 5.41) is -0.387. The number of rotatable bonds is 5. The van der Waals surface area contributed by atoms with Gasteiger partial charge in [0.05, 0.1) is 17.7 Å². The third-order valence-electron chi connectivity index (χ3n) is 4.78. The SMILES string of the molecule is CC(C)=C(C(=O)S)N1C(=O)[C@H]([C@@H](C)O[Si](C)(C)C(C)(C)C)[C@H]1Cl. The number of halogens is 1. The Morgan fingerprint density at radius 2 is 1.83 bits per heavy atom. The van der Waals surface area contributed by atoms with E-state index in [4.69, 9.17) is 16.0 Å². The summed E-state index contributed by atoms with van der Waals surface area (Å²) in [6.45, 7) is 16.2. The summed E-state index contributed by atoms with van der Waals surface area (Å²) in [4.78, 5) is 25.6. The second-order valence-electron chi connectivity index (χ2n) is 7.84. The minimum atomic E-state index is -1.99. The maximum atomic E-state index is 12.6. The van der Waals surface area contributed by atoms with Crippen molar-refractivity contribution >= 4 is 43.6 Å². The minimum Gasteiger partial charge on any atom is -0.413 e. The van der Waals surface area contributed by atoms with Gasteiger partial charge < -0.3 is 4.43 Å². The Kier molecular flexibility index (Phi) is 6.22. The molecule has 1 rings (SSSR count). The maximum Gasteiger partial charge on any atom is 0.237 e. The molecule has 0 spiro atoms. The van der Waals surface area contributed by atoms with Crippen molar-refractivity contribution in [3.8, 4) is 0 Å². The molecule has 1 heterocycles. The molecule has 1 fully saturated rings. The lowest BCUT2D eigenvalue weighted by atomic mass is 9.91. The minimum absolute atomic E-state index is 0.0572. The van der Waals surface area contributed by atoms with Crippen LogP contribution in [0.1, 0.15) is 41.5 Å². The van der Waals surface area contributed by atoms with Crippen LogP contribution >= 0.6 is 24.2 Å². The van der Waals surface area contributed by atoms with Gasteiger partial charge in [0.2, 0.25) is 11.0 Å². The number of hydrogen-bond donors (Lipinski definition) is 1. The molecule has 3 atom stereocenters. The lowest BCUT2D eigenvalue weighted by Gasteiger charge is -2.49. The first-order chi connectivity index (χ1) is 10.2. The van der Waals surface area contributed by atoms with Gasteiger partial charge in [0.1, 0.15) is 5.50 Å². The average molecular weight is 378 g/mol. The van der Waals surface area contributed by atoms with Crippen LogP contribution in [-0.2, 0) is 14.0 Å². The smallest absolute Gasteiger partial charge is 0.237 e. The standard InChI is InChI=1S/C16H28ClNO3SSi/c1-9(2)12(15(20)22)18-13(17)11(14(18)19)10(3)21-23(7,8)16(4,5)6/h10-11,13H,1-8H3,(H,20,22)/t10-,11-,13+/m1/s1. The number of thiol groups is 1. The number of carbonyl (C=O) groups excluding carboxylic acids is 2. The van der Waals surface area contributed by atoms with E-state index in [1.54, 1.807) is 13.8 Å². The van der Waals surface area contributed by atoms with Gasteiger partial charge in [0.25, 0.3) is 0 Å². The molecule has 4 nitrogen and oxygen atoms in total. The fourth-order valence-electron chi connectivity index (χ4n) is 2.41. The zero-order chi connectivity index (χ0) is 18.3. The van der Waals surface area contributed by atoms with Crippen LogP contribution < -0.4 is 0 Å². The second kappa shape index (κ2) is 6.90. The summed E-state index contributed by atoms with van der Waals surface area (Å²) in [5.41, 5.74) is 0.415. The number of β-lactam (4-membered cyclic amide) rings is 1. The number of amides is 1. The summed E-state index contributed by atoms with van der Waals surface area (Å²) in [6.07, 6.45) is -0.282. The van der Waals surface area contributed by atoms with E-state index in [-0.39, 0.29) is 22.7 Å². The number of allylic oxidation sites excluding steroid dienone is 1. The Balaban J connectivity index is 2.93. The predicted octanol–water partition coefficient (Wildman–Crippen LogP) is 4.17. The van der Waals surface area contributed by atoms with Crippen LogP contribution in [0.15, 0.2) is 11.3 Å². The van der Waals surface area contributed by atoms with Gasteiger partial charge in [-0.25, -0.2) is 0 Å². The van der Waals surface area contributed by atoms with Crippen LogP contribution in [0.25, 0.3) is 0 Å². The van der Waals surface area contributed by atoms with E-state index in [1.807, 2.05) is 6.92 Å². The van der Waals surface area contributed by atoms with Gasteiger partial charge in [-0.15, -0.1) is 0 Å². The van der Waals surface area contributed by atoms with Crippen molar-refractivity contribution in [1.82, 2.24) is 4.90 Å². The summed E-state index contributed by atoms with van der Waals surface area (Å²) in [5.74, 6) is -0.609. The Hall–Kier alpha value is -0.303. The van der Waals surface area contributed by atoms with Gasteiger partial charge in [-0.2, -0.15) is 0 Å². The Morgan fingerprint density at radius 3 is 2.13 bits per heavy atom. The van der Waals surface area contributed by atoms with Crippen LogP contribution in [0.2, 0.25) is 18.1 Å². The van der Waals surface area contributed by atoms with E-state index in [9.17, 15) is 9.59 Å². The lowest BCUT2D eigenvalue weighted by molar-refractivity contribution is -0.154. The van der Waals surface area contributed by atoms with E-state index in [1.165, 1.54) is 4.90 Å². The molecule has 0 saturated carbocycles. The van der Waals surface area contributed by atoms with Crippen molar-refractivity contribution in [2.24, 2.45) is 5.92 Å². The van der Waals surface area contributed by atoms with Gasteiger partial charge >= 0.3 is 0 Å². The summed E-state index contributed by atoms with van der Waals surface area (Å²) in [7, 11) is -1.99. The summed E-state index contributed by atoms with van der Waals surface area (Å²) < 4.78 is 6.28. The van der Waals surface area contributed by atoms with Gasteiger partial charge in [0.15, 0.2) is 8.32 Å². The van der Waals surface area contributed by atoms with Crippen molar-refractivity contribution in [3.63, 3.8) is 0 Å². The normalized spacial score (nSPS) is 23.4. The third kappa shape index (κ3) is 4.03. The van der Waals surface area contributed by atoms with E-state index < -0.39 is 24.9 Å². The fraction of sp³-hybridized carbons (Fsp3) is 0.750. The molecule has 7 heteroatoms. The molecule has 0 bridgehead atoms. The Labute approximate surface area is 151 Å². The van der Waals surface area contributed by atoms with E-state index in [0.29, 0.717) is 0 Å². The molecule has 0 unspecified atom stereocenters. The topological polar surface area (TPSA) is 46.6 Å². The van der Waals surface area contributed by atoms with Gasteiger partial charge in [-0.1, -0.05) is 45.0 Å². The fourth-order valence-corrected chi connectivity index (χ4v) is 4.68. The zero-order valence-electron chi connectivity index (χ0n) is 15.2. The van der Waals surface area contributed by atoms with Crippen LogP contribution in [-0.4, -0.2) is 35.8 Å². The van der Waals surface area contributed by atoms with Crippen molar-refractivity contribution in [1.29, 1.82) is 0 Å². The largest absolute Gasteiger partial charge is 0.413 e.